The Hall–Kier alpha value is -1.36. The van der Waals surface area contributed by atoms with Crippen LogP contribution in [0, 0.1) is 0 Å². The Morgan fingerprint density at radius 3 is 2.90 bits per heavy atom. The third kappa shape index (κ3) is 3.03. The molecule has 3 N–H and O–H groups in total. The Kier molecular flexibility index (Phi) is 4.48. The molecule has 1 aliphatic heterocycles. The first-order valence-electron chi connectivity index (χ1n) is 5.62. The first-order chi connectivity index (χ1) is 9.42. The summed E-state index contributed by atoms with van der Waals surface area (Å²) in [6, 6.07) is 0. The average Bonchev–Trinajstić information content (AvgIpc) is 2.73. The van der Waals surface area contributed by atoms with Crippen molar-refractivity contribution in [1.29, 1.82) is 0 Å². The number of aliphatic hydroxyl groups is 2. The molecule has 2 rings (SSSR count). The lowest BCUT2D eigenvalue weighted by Gasteiger charge is -2.13. The largest absolute Gasteiger partial charge is 0.394 e. The van der Waals surface area contributed by atoms with Gasteiger partial charge < -0.3 is 14.9 Å². The van der Waals surface area contributed by atoms with Crippen LogP contribution in [0.2, 0.25) is 0 Å². The molecule has 0 aliphatic carbocycles. The Bertz CT molecular complexity index is 639. The summed E-state index contributed by atoms with van der Waals surface area (Å²) in [5.41, 5.74) is -2.03. The van der Waals surface area contributed by atoms with Crippen molar-refractivity contribution >= 4 is 22.0 Å². The first kappa shape index (κ1) is 15.0. The zero-order valence-corrected chi connectivity index (χ0v) is 11.6. The van der Waals surface area contributed by atoms with Gasteiger partial charge in [0.05, 0.1) is 12.7 Å². The highest BCUT2D eigenvalue weighted by atomic mass is 79.9. The van der Waals surface area contributed by atoms with Gasteiger partial charge >= 0.3 is 5.69 Å². The van der Waals surface area contributed by atoms with Crippen molar-refractivity contribution in [1.82, 2.24) is 14.8 Å². The average molecular weight is 352 g/mol. The fourth-order valence-electron chi connectivity index (χ4n) is 1.85. The molecule has 1 aromatic heterocycles. The fraction of sp³-hybridized carbons (Fsp3) is 0.500. The summed E-state index contributed by atoms with van der Waals surface area (Å²) in [6.07, 6.45) is -1.93. The minimum Gasteiger partial charge on any atom is -0.394 e. The quantitative estimate of drug-likeness (QED) is 0.658. The summed E-state index contributed by atoms with van der Waals surface area (Å²) in [5.74, 6) is 0. The topological polar surface area (TPSA) is 117 Å². The zero-order valence-electron chi connectivity index (χ0n) is 9.99. The summed E-state index contributed by atoms with van der Waals surface area (Å²) in [4.78, 5) is 25.1. The van der Waals surface area contributed by atoms with Crippen molar-refractivity contribution in [2.45, 2.75) is 24.9 Å². The zero-order chi connectivity index (χ0) is 14.9. The number of aromatic nitrogens is 3. The van der Waals surface area contributed by atoms with E-state index >= 15 is 0 Å². The molecule has 20 heavy (non-hydrogen) atoms. The molecular weight excluding hydrogens is 341 g/mol. The lowest BCUT2D eigenvalue weighted by atomic mass is 10.2. The monoisotopic (exact) mass is 351 g/mol. The number of nitrogens with one attached hydrogen (secondary N) is 1. The molecule has 10 heteroatoms. The third-order valence-corrected chi connectivity index (χ3v) is 3.01. The molecular formula is C10H11BrFN3O5. The van der Waals surface area contributed by atoms with E-state index < -0.39 is 41.0 Å². The molecule has 0 saturated carbocycles. The number of hydrogen-bond donors (Lipinski definition) is 3. The van der Waals surface area contributed by atoms with Crippen molar-refractivity contribution in [2.75, 3.05) is 6.61 Å². The lowest BCUT2D eigenvalue weighted by Crippen LogP contribution is -2.36. The van der Waals surface area contributed by atoms with E-state index in [1.807, 2.05) is 4.98 Å². The van der Waals surface area contributed by atoms with E-state index in [2.05, 4.69) is 21.0 Å². The molecule has 0 unspecified atom stereocenters. The molecule has 0 amide bonds. The maximum absolute atomic E-state index is 12.7. The Labute approximate surface area is 119 Å². The van der Waals surface area contributed by atoms with Gasteiger partial charge in [0, 0.05) is 12.5 Å². The molecule has 1 fully saturated rings. The van der Waals surface area contributed by atoms with Crippen LogP contribution in [0.4, 0.5) is 4.39 Å². The molecule has 0 aromatic carbocycles. The minimum atomic E-state index is -0.961. The van der Waals surface area contributed by atoms with E-state index in [0.717, 1.165) is 10.8 Å². The molecule has 0 spiro atoms. The van der Waals surface area contributed by atoms with Crippen molar-refractivity contribution in [3.8, 4) is 0 Å². The van der Waals surface area contributed by atoms with Gasteiger partial charge in [-0.1, -0.05) is 0 Å². The highest BCUT2D eigenvalue weighted by molar-refractivity contribution is 9.11. The summed E-state index contributed by atoms with van der Waals surface area (Å²) in [7, 11) is 0. The van der Waals surface area contributed by atoms with Crippen LogP contribution in [0.5, 0.6) is 0 Å². The number of nitrogens with zero attached hydrogens (tertiary/aromatic N) is 2. The summed E-state index contributed by atoms with van der Waals surface area (Å²) < 4.78 is 18.0. The number of aliphatic hydroxyl groups excluding tert-OH is 2. The highest BCUT2D eigenvalue weighted by Gasteiger charge is 2.35. The van der Waals surface area contributed by atoms with Gasteiger partial charge in [0.1, 0.15) is 6.10 Å². The molecule has 8 nitrogen and oxygen atoms in total. The van der Waals surface area contributed by atoms with Gasteiger partial charge in [-0.05, 0) is 15.9 Å². The first-order valence-corrected chi connectivity index (χ1v) is 6.42. The second kappa shape index (κ2) is 5.95. The lowest BCUT2D eigenvalue weighted by molar-refractivity contribution is -0.0507. The van der Waals surface area contributed by atoms with Crippen molar-refractivity contribution in [2.24, 2.45) is 0 Å². The Morgan fingerprint density at radius 2 is 2.35 bits per heavy atom. The van der Waals surface area contributed by atoms with Gasteiger partial charge in [0.2, 0.25) is 0 Å². The van der Waals surface area contributed by atoms with Crippen LogP contribution in [-0.2, 0) is 4.74 Å². The maximum atomic E-state index is 12.7. The predicted molar refractivity (Wildman–Crippen MR) is 68.7 cm³/mol. The standard InChI is InChI=1S/C10H11BrFN3O5/c11-7(12)1-4-9(18)13-10(19)15(14-4)8-2-5(17)6(3-16)20-8/h1,5-6,8,16-17H,2-3H2,(H,13,18,19)/t5-,6+,8+/m0/s1. The van der Waals surface area contributed by atoms with E-state index in [9.17, 15) is 19.1 Å². The van der Waals surface area contributed by atoms with Gasteiger partial charge in [0.15, 0.2) is 16.7 Å². The molecule has 2 heterocycles. The molecule has 0 radical (unpaired) electrons. The van der Waals surface area contributed by atoms with E-state index in [4.69, 9.17) is 9.84 Å². The normalized spacial score (nSPS) is 27.0. The van der Waals surface area contributed by atoms with Crippen LogP contribution < -0.4 is 11.2 Å². The smallest absolute Gasteiger partial charge is 0.347 e. The van der Waals surface area contributed by atoms with Crippen LogP contribution in [0.1, 0.15) is 18.3 Å². The van der Waals surface area contributed by atoms with Crippen molar-refractivity contribution < 1.29 is 19.3 Å². The van der Waals surface area contributed by atoms with Gasteiger partial charge in [-0.3, -0.25) is 9.78 Å². The molecule has 1 aromatic rings. The third-order valence-electron chi connectivity index (χ3n) is 2.78. The molecule has 1 saturated heterocycles. The predicted octanol–water partition coefficient (Wildman–Crippen LogP) is -0.765. The van der Waals surface area contributed by atoms with E-state index in [-0.39, 0.29) is 12.1 Å². The summed E-state index contributed by atoms with van der Waals surface area (Å²) in [6.45, 7) is -0.418. The maximum Gasteiger partial charge on any atom is 0.347 e. The van der Waals surface area contributed by atoms with Crippen LogP contribution in [0.3, 0.4) is 0 Å². The number of rotatable bonds is 3. The Morgan fingerprint density at radius 1 is 1.65 bits per heavy atom. The van der Waals surface area contributed by atoms with E-state index in [1.54, 1.807) is 0 Å². The second-order valence-electron chi connectivity index (χ2n) is 4.14. The molecule has 3 atom stereocenters. The van der Waals surface area contributed by atoms with Crippen LogP contribution in [0.15, 0.2) is 14.3 Å². The fourth-order valence-corrected chi connectivity index (χ4v) is 2.06. The van der Waals surface area contributed by atoms with Crippen LogP contribution in [0.25, 0.3) is 6.08 Å². The summed E-state index contributed by atoms with van der Waals surface area (Å²) >= 11 is 2.51. The highest BCUT2D eigenvalue weighted by Crippen LogP contribution is 2.26. The molecule has 0 bridgehead atoms. The minimum absolute atomic E-state index is 0.0180. The SMILES string of the molecule is O=c1[nH]c(=O)n([C@H]2C[C@H](O)[C@@H](CO)O2)nc1C=C(F)Br. The second-order valence-corrected chi connectivity index (χ2v) is 4.90. The van der Waals surface area contributed by atoms with Gasteiger partial charge in [-0.25, -0.2) is 4.79 Å². The Balaban J connectivity index is 2.40. The van der Waals surface area contributed by atoms with Crippen molar-refractivity contribution in [3.63, 3.8) is 0 Å². The number of ether oxygens (including phenoxy) is 1. The number of hydrogen-bond acceptors (Lipinski definition) is 6. The number of H-pyrrole nitrogens is 1. The van der Waals surface area contributed by atoms with E-state index in [0.29, 0.717) is 0 Å². The number of aromatic amines is 1. The van der Waals surface area contributed by atoms with Gasteiger partial charge in [-0.2, -0.15) is 14.2 Å². The number of halogens is 2. The van der Waals surface area contributed by atoms with Crippen LogP contribution >= 0.6 is 15.9 Å². The summed E-state index contributed by atoms with van der Waals surface area (Å²) in [5, 5.41) is 22.3. The van der Waals surface area contributed by atoms with E-state index in [1.165, 1.54) is 0 Å². The molecule has 110 valence electrons. The van der Waals surface area contributed by atoms with Gasteiger partial charge in [0.25, 0.3) is 5.56 Å². The van der Waals surface area contributed by atoms with Crippen LogP contribution in [-0.4, -0.2) is 43.8 Å². The van der Waals surface area contributed by atoms with Gasteiger partial charge in [-0.15, -0.1) is 0 Å². The van der Waals surface area contributed by atoms with Crippen molar-refractivity contribution in [3.05, 3.63) is 31.3 Å². The molecule has 1 aliphatic rings.